The van der Waals surface area contributed by atoms with E-state index in [-0.39, 0.29) is 76.8 Å². The van der Waals surface area contributed by atoms with Crippen molar-refractivity contribution in [1.82, 2.24) is 30.4 Å². The number of Topliss-reactive ketones (excluding diaryl/α,β-unsaturated/α-hetero) is 2. The Morgan fingerprint density at radius 1 is 0.616 bits per heavy atom. The number of rotatable bonds is 32. The average Bonchev–Trinajstić information content (AvgIpc) is 1.58. The van der Waals surface area contributed by atoms with Crippen LogP contribution in [0.5, 0.6) is 23.3 Å². The minimum Gasteiger partial charge on any atom is -0.497 e. The molecule has 622 valence electrons. The molecule has 2 aliphatic heterocycles. The number of hydrogen-bond donors (Lipinski definition) is 3. The van der Waals surface area contributed by atoms with E-state index in [1.165, 1.54) is 9.80 Å². The number of carbonyl (C=O) groups is 8. The van der Waals surface area contributed by atoms with Crippen molar-refractivity contribution >= 4 is 113 Å². The molecule has 4 aromatic rings. The topological polar surface area (TPSA) is 361 Å². The van der Waals surface area contributed by atoms with E-state index in [1.54, 1.807) is 50.9 Å². The summed E-state index contributed by atoms with van der Waals surface area (Å²) in [6.07, 6.45) is 10.9. The molecule has 4 saturated carbocycles. The smallest absolute Gasteiger partial charge is 0.497 e. The van der Waals surface area contributed by atoms with Crippen LogP contribution in [0.2, 0.25) is 0 Å². The lowest BCUT2D eigenvalue weighted by Crippen LogP contribution is -2.57. The Labute approximate surface area is 672 Å². The van der Waals surface area contributed by atoms with Crippen molar-refractivity contribution in [3.8, 4) is 23.3 Å². The Balaban J connectivity index is 0.000000296. The van der Waals surface area contributed by atoms with E-state index >= 15 is 0 Å². The molecule has 112 heavy (non-hydrogen) atoms. The van der Waals surface area contributed by atoms with Crippen LogP contribution in [0.25, 0.3) is 21.5 Å². The molecule has 10 atom stereocenters. The van der Waals surface area contributed by atoms with Gasteiger partial charge in [0.15, 0.2) is 38.0 Å². The van der Waals surface area contributed by atoms with E-state index in [2.05, 4.69) is 33.8 Å². The summed E-state index contributed by atoms with van der Waals surface area (Å²) in [5, 5.41) is 7.82. The Hall–Kier alpha value is -7.70. The van der Waals surface area contributed by atoms with E-state index < -0.39 is 170 Å². The van der Waals surface area contributed by atoms with Gasteiger partial charge in [-0.15, -0.1) is 38.0 Å². The molecule has 2 aromatic carbocycles. The van der Waals surface area contributed by atoms with E-state index in [4.69, 9.17) is 43.6 Å². The van der Waals surface area contributed by atoms with Gasteiger partial charge in [-0.2, -0.15) is 0 Å². The average molecular weight is 1640 g/mol. The fourth-order valence-electron chi connectivity index (χ4n) is 13.6. The second-order valence-electron chi connectivity index (χ2n) is 33.1. The minimum atomic E-state index is -3.68. The third-order valence-corrected chi connectivity index (χ3v) is 26.5. The van der Waals surface area contributed by atoms with Crippen LogP contribution in [0.15, 0.2) is 86.2 Å². The van der Waals surface area contributed by atoms with Crippen LogP contribution in [-0.4, -0.2) is 199 Å². The number of pyridine rings is 2. The number of hydrogen-bond acceptors (Lipinski definition) is 23. The van der Waals surface area contributed by atoms with E-state index in [1.807, 2.05) is 126 Å². The highest BCUT2D eigenvalue weighted by Crippen LogP contribution is 2.48. The molecule has 0 unspecified atom stereocenters. The number of methoxy groups -OCH3 is 2. The van der Waals surface area contributed by atoms with Crippen LogP contribution < -0.4 is 35.3 Å². The van der Waals surface area contributed by atoms with E-state index in [9.17, 15) is 55.2 Å². The van der Waals surface area contributed by atoms with Crippen molar-refractivity contribution in [2.75, 3.05) is 52.2 Å². The van der Waals surface area contributed by atoms with Crippen molar-refractivity contribution in [1.29, 1.82) is 0 Å². The van der Waals surface area contributed by atoms with Crippen molar-refractivity contribution in [2.24, 2.45) is 34.3 Å². The second kappa shape index (κ2) is 38.2. The van der Waals surface area contributed by atoms with Gasteiger partial charge >= 0.3 is 12.1 Å². The number of likely N-dealkylation sites (tertiary alicyclic amines) is 2. The fourth-order valence-corrected chi connectivity index (χ4v) is 17.4. The molecule has 27 nitrogen and oxygen atoms in total. The predicted molar refractivity (Wildman–Crippen MR) is 430 cm³/mol. The van der Waals surface area contributed by atoms with Gasteiger partial charge in [-0.1, -0.05) is 87.3 Å². The molecule has 4 heterocycles. The van der Waals surface area contributed by atoms with Crippen LogP contribution in [0.4, 0.5) is 4.79 Å². The number of carbonyl (C=O) groups excluding carboxylic acids is 8. The van der Waals surface area contributed by atoms with Gasteiger partial charge in [0.25, 0.3) is 0 Å². The number of benzene rings is 2. The number of amides is 4. The van der Waals surface area contributed by atoms with Crippen molar-refractivity contribution in [2.45, 2.75) is 243 Å². The van der Waals surface area contributed by atoms with Gasteiger partial charge in [0.2, 0.25) is 35.4 Å². The van der Waals surface area contributed by atoms with Crippen LogP contribution in [0.3, 0.4) is 0 Å². The zero-order valence-electron chi connectivity index (χ0n) is 67.4. The molecule has 0 bridgehead atoms. The number of ether oxygens (including phenoxy) is 8. The summed E-state index contributed by atoms with van der Waals surface area (Å²) < 4.78 is 95.5. The van der Waals surface area contributed by atoms with Gasteiger partial charge in [0.1, 0.15) is 69.6 Å². The standard InChI is InChI=1S/C39H53N3O9S.C32H42N4O7S.C10H20O4.2ClH/c1-9-25-21-39(25,32(43)23-52(47,48)28-12-11-13-28)41-34(45)31-19-27(50-35-29-15-14-26(49-8)18-24(29)16-17-40-35)22-42(31)36(46)30(37(3,4)5)20-33(44)51-38(6,7)10-2;1-6-20-16-32(20,26(37)18-44(40,41)23-8-7-9-23)35-28(38)25-15-22(17-36(25)30(39)27(33)31(2,3)4)43-29-24-11-10-21(42-5)14-19(24)12-13-34-29;1-5-7-12-8-13-9(11)14-10(3,4)6-2;;/h9,14-18,25,27-28,30-31H,1,10-13,19-23H2,2-8H3,(H,41,45);6,10-14,20,22-23,25,27H,1,7-9,15-18,33H2,2-5H3,(H,35,38);5-8H2,1-4H3;2*1H/t25-,27-,30-,31+,39-;20-,22-,25+,27-,32-;;;/m11.../s1. The number of nitrogens with zero attached hydrogens (tertiary/aromatic N) is 4. The molecule has 6 fully saturated rings. The number of sulfone groups is 2. The molecular formula is C81H117Cl2N7O20S2. The normalized spacial score (nSPS) is 22.8. The first kappa shape index (κ1) is 93.2. The second-order valence-corrected chi connectivity index (χ2v) is 37.7. The highest BCUT2D eigenvalue weighted by atomic mass is 35.5. The SMILES string of the molecule is C=C[C@@H]1C[C@]1(NC(=O)[C@@H]1C[C@@H](Oc2nccc3cc(OC)ccc23)CN1C(=O)[C@@H](CC(=O)OC(C)(C)CC)C(C)(C)C)C(=O)CS(=O)(=O)C1CCC1.C=C[C@@H]1C[C@]1(NC(=O)[C@@H]1C[C@@H](Oc2nccc3cc(OC)ccc23)CN1C(=O)[C@@H](N)C(C)(C)C)C(=O)CS(=O)(=O)C1CCC1.CCCOCOC(=O)OC(C)(C)CC.Cl.Cl. The molecule has 31 heteroatoms. The molecule has 4 amide bonds. The van der Waals surface area contributed by atoms with Crippen LogP contribution in [0, 0.1) is 28.6 Å². The third kappa shape index (κ3) is 22.9. The monoisotopic (exact) mass is 1640 g/mol. The first-order chi connectivity index (χ1) is 51.5. The maximum Gasteiger partial charge on any atom is 0.510 e. The van der Waals surface area contributed by atoms with E-state index in [0.29, 0.717) is 67.4 Å². The molecular weight excluding hydrogens is 1530 g/mol. The summed E-state index contributed by atoms with van der Waals surface area (Å²) in [7, 11) is -4.13. The maximum absolute atomic E-state index is 14.6. The number of fused-ring (bicyclic) bond motifs is 2. The summed E-state index contributed by atoms with van der Waals surface area (Å²) in [4.78, 5) is 120. The number of nitrogens with two attached hydrogens (primary N) is 1. The lowest BCUT2D eigenvalue weighted by molar-refractivity contribution is -0.162. The van der Waals surface area contributed by atoms with Gasteiger partial charge in [0.05, 0.1) is 62.8 Å². The summed E-state index contributed by atoms with van der Waals surface area (Å²) in [5.41, 5.74) is 1.10. The number of aromatic nitrogens is 2. The summed E-state index contributed by atoms with van der Waals surface area (Å²) in [5.74, 6) is -4.63. The summed E-state index contributed by atoms with van der Waals surface area (Å²) in [6, 6.07) is 11.7. The molecule has 4 aliphatic carbocycles. The van der Waals surface area contributed by atoms with Gasteiger partial charge in [-0.25, -0.2) is 31.6 Å². The largest absolute Gasteiger partial charge is 0.510 e. The Morgan fingerprint density at radius 3 is 1.39 bits per heavy atom. The molecule has 2 aromatic heterocycles. The zero-order valence-corrected chi connectivity index (χ0v) is 70.7. The fraction of sp³-hybridized carbons (Fsp3) is 0.630. The molecule has 0 radical (unpaired) electrons. The maximum atomic E-state index is 14.6. The lowest BCUT2D eigenvalue weighted by Gasteiger charge is -2.35. The Kier molecular flexibility index (Phi) is 31.7. The number of ketones is 2. The minimum absolute atomic E-state index is 0. The van der Waals surface area contributed by atoms with Crippen molar-refractivity contribution < 1.29 is 93.1 Å². The quantitative estimate of drug-likeness (QED) is 0.0177. The zero-order chi connectivity index (χ0) is 81.3. The highest BCUT2D eigenvalue weighted by Gasteiger charge is 2.63. The summed E-state index contributed by atoms with van der Waals surface area (Å²) in [6.45, 7) is 32.5. The Bertz CT molecular complexity index is 4290. The Morgan fingerprint density at radius 2 is 1.04 bits per heavy atom. The van der Waals surface area contributed by atoms with Gasteiger partial charge in [-0.3, -0.25) is 33.6 Å². The number of halogens is 2. The van der Waals surface area contributed by atoms with Gasteiger partial charge < -0.3 is 64.1 Å². The first-order valence-electron chi connectivity index (χ1n) is 38.1. The summed E-state index contributed by atoms with van der Waals surface area (Å²) >= 11 is 0. The van der Waals surface area contributed by atoms with Crippen LogP contribution in [0.1, 0.15) is 180 Å². The highest BCUT2D eigenvalue weighted by molar-refractivity contribution is 7.93. The van der Waals surface area contributed by atoms with Crippen LogP contribution in [-0.2, 0) is 72.2 Å². The molecule has 2 saturated heterocycles. The first-order valence-corrected chi connectivity index (χ1v) is 41.6. The molecule has 4 N–H and O–H groups in total. The molecule has 6 aliphatic rings. The lowest BCUT2D eigenvalue weighted by atomic mass is 9.77. The van der Waals surface area contributed by atoms with Gasteiger partial charge in [0, 0.05) is 47.8 Å². The molecule has 10 rings (SSSR count). The predicted octanol–water partition coefficient (Wildman–Crippen LogP) is 11.1. The van der Waals surface area contributed by atoms with Crippen LogP contribution >= 0.6 is 24.8 Å². The molecule has 0 spiro atoms. The number of nitrogens with one attached hydrogen (secondary N) is 2. The third-order valence-electron chi connectivity index (χ3n) is 22.2. The van der Waals surface area contributed by atoms with E-state index in [0.717, 1.165) is 41.8 Å². The number of esters is 1. The van der Waals surface area contributed by atoms with Crippen molar-refractivity contribution in [3.05, 3.63) is 86.2 Å². The van der Waals surface area contributed by atoms with Gasteiger partial charge in [-0.05, 0) is 156 Å². The van der Waals surface area contributed by atoms with Crippen molar-refractivity contribution in [3.63, 3.8) is 0 Å².